The van der Waals surface area contributed by atoms with Crippen molar-refractivity contribution >= 4 is 30.3 Å². The van der Waals surface area contributed by atoms with E-state index in [1.165, 1.54) is 11.0 Å². The van der Waals surface area contributed by atoms with Crippen molar-refractivity contribution in [2.45, 2.75) is 102 Å². The van der Waals surface area contributed by atoms with Gasteiger partial charge in [0.2, 0.25) is 0 Å². The molecule has 0 aromatic heterocycles. The summed E-state index contributed by atoms with van der Waals surface area (Å²) in [6.07, 6.45) is -0.0938. The van der Waals surface area contributed by atoms with Gasteiger partial charge < -0.3 is 23.9 Å². The molecule has 3 aliphatic rings. The minimum absolute atomic E-state index is 0.0556. The van der Waals surface area contributed by atoms with Gasteiger partial charge in [-0.1, -0.05) is 41.9 Å². The molecule has 0 bridgehead atoms. The number of likely N-dealkylation sites (tertiary alicyclic amines) is 1. The molecule has 1 amide bonds. The molecule has 7 nitrogen and oxygen atoms in total. The molecule has 3 aliphatic heterocycles. The van der Waals surface area contributed by atoms with Crippen LogP contribution in [0.25, 0.3) is 0 Å². The van der Waals surface area contributed by atoms with E-state index in [0.717, 1.165) is 5.56 Å². The second-order valence-electron chi connectivity index (χ2n) is 13.5. The highest BCUT2D eigenvalue weighted by molar-refractivity contribution is 6.66. The fourth-order valence-electron chi connectivity index (χ4n) is 5.89. The summed E-state index contributed by atoms with van der Waals surface area (Å²) in [5.74, 6) is -0.359. The van der Waals surface area contributed by atoms with Gasteiger partial charge in [-0.15, -0.1) is 0 Å². The smallest absolute Gasteiger partial charge is 0.480 e. The van der Waals surface area contributed by atoms with Crippen molar-refractivity contribution in [3.05, 3.63) is 58.4 Å². The number of hydrogen-bond donors (Lipinski definition) is 1. The summed E-state index contributed by atoms with van der Waals surface area (Å²) < 4.78 is 40.5. The van der Waals surface area contributed by atoms with Crippen LogP contribution in [0, 0.1) is 5.82 Å². The third-order valence-corrected chi connectivity index (χ3v) is 8.88. The molecule has 10 heteroatoms. The van der Waals surface area contributed by atoms with Gasteiger partial charge in [-0.05, 0) is 61.0 Å². The maximum atomic E-state index is 15.4. The Kier molecular flexibility index (Phi) is 6.82. The number of carbonyl (C=O) groups excluding carboxylic acids is 1. The predicted molar refractivity (Wildman–Crippen MR) is 152 cm³/mol. The molecule has 2 aromatic carbocycles. The standard InChI is InChI=1S/C30H38BClFNO6/c1-26(2,3)38-25(35)34-17-29(8,36)16-22(34)30(18-12-10-9-11-13-18)15-19-21(37-30)14-20(33)24(32)23(19)31-39-27(4,5)28(6,7)40-31/h9-14,22,36H,15-17H2,1-8H3/t22?,29?,30-/m0/s1. The van der Waals surface area contributed by atoms with Crippen molar-refractivity contribution in [3.63, 3.8) is 0 Å². The Hall–Kier alpha value is -2.33. The Labute approximate surface area is 241 Å². The van der Waals surface area contributed by atoms with Crippen LogP contribution in [-0.2, 0) is 26.1 Å². The molecule has 5 rings (SSSR count). The van der Waals surface area contributed by atoms with E-state index in [0.29, 0.717) is 16.8 Å². The van der Waals surface area contributed by atoms with Crippen molar-refractivity contribution in [1.29, 1.82) is 0 Å². The number of aliphatic hydroxyl groups is 1. The molecule has 2 saturated heterocycles. The van der Waals surface area contributed by atoms with Crippen LogP contribution in [0.1, 0.15) is 72.9 Å². The first-order valence-electron chi connectivity index (χ1n) is 13.7. The van der Waals surface area contributed by atoms with Crippen LogP contribution in [0.2, 0.25) is 5.02 Å². The Morgan fingerprint density at radius 1 is 1.12 bits per heavy atom. The number of nitrogens with zero attached hydrogens (tertiary/aromatic N) is 1. The second kappa shape index (κ2) is 9.34. The van der Waals surface area contributed by atoms with Crippen LogP contribution in [0.15, 0.2) is 36.4 Å². The maximum absolute atomic E-state index is 15.4. The summed E-state index contributed by atoms with van der Waals surface area (Å²) in [6.45, 7) is 14.8. The zero-order valence-electron chi connectivity index (χ0n) is 24.4. The molecule has 2 fully saturated rings. The Balaban J connectivity index is 1.65. The van der Waals surface area contributed by atoms with E-state index in [4.69, 9.17) is 30.4 Å². The number of carbonyl (C=O) groups is 1. The van der Waals surface area contributed by atoms with Gasteiger partial charge in [0, 0.05) is 29.9 Å². The van der Waals surface area contributed by atoms with Crippen LogP contribution in [0.4, 0.5) is 9.18 Å². The molecule has 0 saturated carbocycles. The average Bonchev–Trinajstić information content (AvgIpc) is 3.43. The molecule has 216 valence electrons. The molecular weight excluding hydrogens is 536 g/mol. The van der Waals surface area contributed by atoms with Crippen LogP contribution in [-0.4, -0.2) is 58.2 Å². The van der Waals surface area contributed by atoms with Crippen LogP contribution >= 0.6 is 11.6 Å². The molecule has 0 aliphatic carbocycles. The normalized spacial score (nSPS) is 28.9. The van der Waals surface area contributed by atoms with E-state index in [2.05, 4.69) is 0 Å². The fraction of sp³-hybridized carbons (Fsp3) is 0.567. The largest absolute Gasteiger partial charge is 0.496 e. The first-order chi connectivity index (χ1) is 18.4. The summed E-state index contributed by atoms with van der Waals surface area (Å²) in [6, 6.07) is 10.1. The number of rotatable bonds is 3. The molecule has 2 aromatic rings. The lowest BCUT2D eigenvalue weighted by Crippen LogP contribution is -2.53. The van der Waals surface area contributed by atoms with Gasteiger partial charge in [0.15, 0.2) is 5.60 Å². The SMILES string of the molecule is CC1(O)CC([C@@]2(c3ccccc3)Cc3c(cc(F)c(Cl)c3B3OC(C)(C)C(C)(C)O3)O2)N(C(=O)OC(C)(C)C)C1. The van der Waals surface area contributed by atoms with Crippen LogP contribution < -0.4 is 10.2 Å². The molecular formula is C30H38BClFNO6. The van der Waals surface area contributed by atoms with E-state index in [9.17, 15) is 9.90 Å². The maximum Gasteiger partial charge on any atom is 0.496 e. The monoisotopic (exact) mass is 573 g/mol. The average molecular weight is 574 g/mol. The van der Waals surface area contributed by atoms with E-state index >= 15 is 4.39 Å². The van der Waals surface area contributed by atoms with Gasteiger partial charge in [0.1, 0.15) is 17.2 Å². The second-order valence-corrected chi connectivity index (χ2v) is 13.9. The lowest BCUT2D eigenvalue weighted by Gasteiger charge is -2.40. The minimum Gasteiger partial charge on any atom is -0.480 e. The van der Waals surface area contributed by atoms with Gasteiger partial charge >= 0.3 is 13.2 Å². The van der Waals surface area contributed by atoms with Crippen molar-refractivity contribution in [2.24, 2.45) is 0 Å². The van der Waals surface area contributed by atoms with E-state index in [1.807, 2.05) is 58.0 Å². The van der Waals surface area contributed by atoms with Gasteiger partial charge in [0.25, 0.3) is 0 Å². The first kappa shape index (κ1) is 29.2. The van der Waals surface area contributed by atoms with Gasteiger partial charge in [-0.3, -0.25) is 4.90 Å². The number of fused-ring (bicyclic) bond motifs is 1. The molecule has 2 unspecified atom stereocenters. The van der Waals surface area contributed by atoms with Gasteiger partial charge in [-0.25, -0.2) is 9.18 Å². The Morgan fingerprint density at radius 2 is 1.73 bits per heavy atom. The van der Waals surface area contributed by atoms with E-state index in [1.54, 1.807) is 27.7 Å². The molecule has 40 heavy (non-hydrogen) atoms. The number of hydrogen-bond acceptors (Lipinski definition) is 6. The predicted octanol–water partition coefficient (Wildman–Crippen LogP) is 5.37. The lowest BCUT2D eigenvalue weighted by molar-refractivity contribution is -0.0216. The van der Waals surface area contributed by atoms with Crippen molar-refractivity contribution in [3.8, 4) is 5.75 Å². The van der Waals surface area contributed by atoms with Gasteiger partial charge in [0.05, 0.1) is 34.4 Å². The van der Waals surface area contributed by atoms with E-state index < -0.39 is 53.1 Å². The molecule has 1 N–H and O–H groups in total. The number of β-amino-alcohol motifs (C(OH)–C–C–N with tert-alkyl or cyclic N) is 1. The Bertz CT molecular complexity index is 1310. The number of halogens is 2. The third-order valence-electron chi connectivity index (χ3n) is 8.50. The van der Waals surface area contributed by atoms with Crippen LogP contribution in [0.5, 0.6) is 5.75 Å². The summed E-state index contributed by atoms with van der Waals surface area (Å²) >= 11 is 6.62. The Morgan fingerprint density at radius 3 is 2.30 bits per heavy atom. The molecule has 3 heterocycles. The fourth-order valence-corrected chi connectivity index (χ4v) is 6.15. The summed E-state index contributed by atoms with van der Waals surface area (Å²) in [4.78, 5) is 15.0. The topological polar surface area (TPSA) is 77.5 Å². The van der Waals surface area contributed by atoms with E-state index in [-0.39, 0.29) is 24.4 Å². The highest BCUT2D eigenvalue weighted by atomic mass is 35.5. The van der Waals surface area contributed by atoms with Crippen molar-refractivity contribution in [2.75, 3.05) is 6.54 Å². The van der Waals surface area contributed by atoms with Gasteiger partial charge in [-0.2, -0.15) is 0 Å². The first-order valence-corrected chi connectivity index (χ1v) is 14.1. The highest BCUT2D eigenvalue weighted by Crippen LogP contribution is 2.50. The molecule has 3 atom stereocenters. The van der Waals surface area contributed by atoms with Crippen molar-refractivity contribution < 1.29 is 33.1 Å². The van der Waals surface area contributed by atoms with Crippen LogP contribution in [0.3, 0.4) is 0 Å². The summed E-state index contributed by atoms with van der Waals surface area (Å²) in [5.41, 5.74) is -2.65. The number of benzene rings is 2. The quantitative estimate of drug-likeness (QED) is 0.498. The van der Waals surface area contributed by atoms with Crippen molar-refractivity contribution in [1.82, 2.24) is 4.90 Å². The third kappa shape index (κ3) is 4.89. The number of amides is 1. The minimum atomic E-state index is -1.20. The highest BCUT2D eigenvalue weighted by Gasteiger charge is 2.60. The number of ether oxygens (including phenoxy) is 2. The molecule has 0 radical (unpaired) electrons. The lowest BCUT2D eigenvalue weighted by atomic mass is 9.72. The zero-order chi connectivity index (χ0) is 29.5. The molecule has 0 spiro atoms. The summed E-state index contributed by atoms with van der Waals surface area (Å²) in [5, 5.41) is 11.1. The summed E-state index contributed by atoms with van der Waals surface area (Å²) in [7, 11) is -0.925. The zero-order valence-corrected chi connectivity index (χ0v) is 25.2.